The SMILES string of the molecule is Clc1ccc(-c2ccsc2)s1. The van der Waals surface area contributed by atoms with E-state index in [1.165, 1.54) is 10.4 Å². The smallest absolute Gasteiger partial charge is 0.0934 e. The van der Waals surface area contributed by atoms with Crippen molar-refractivity contribution >= 4 is 34.3 Å². The van der Waals surface area contributed by atoms with Crippen molar-refractivity contribution in [1.29, 1.82) is 0 Å². The Labute approximate surface area is 78.1 Å². The van der Waals surface area contributed by atoms with Crippen LogP contribution in [-0.2, 0) is 0 Å². The summed E-state index contributed by atoms with van der Waals surface area (Å²) >= 11 is 9.12. The monoisotopic (exact) mass is 200 g/mol. The van der Waals surface area contributed by atoms with Crippen LogP contribution >= 0.6 is 34.3 Å². The van der Waals surface area contributed by atoms with Gasteiger partial charge in [-0.05, 0) is 29.0 Å². The molecule has 2 aromatic rings. The second-order valence-corrected chi connectivity index (χ2v) is 4.61. The second kappa shape index (κ2) is 2.97. The largest absolute Gasteiger partial charge is 0.152 e. The molecular weight excluding hydrogens is 196 g/mol. The molecule has 3 heteroatoms. The van der Waals surface area contributed by atoms with Crippen molar-refractivity contribution in [2.24, 2.45) is 0 Å². The van der Waals surface area contributed by atoms with E-state index < -0.39 is 0 Å². The van der Waals surface area contributed by atoms with Crippen LogP contribution in [0.4, 0.5) is 0 Å². The van der Waals surface area contributed by atoms with Crippen LogP contribution in [0.1, 0.15) is 0 Å². The van der Waals surface area contributed by atoms with Crippen molar-refractivity contribution in [3.63, 3.8) is 0 Å². The molecule has 11 heavy (non-hydrogen) atoms. The first-order valence-corrected chi connectivity index (χ1v) is 5.28. The Kier molecular flexibility index (Phi) is 1.98. The summed E-state index contributed by atoms with van der Waals surface area (Å²) in [7, 11) is 0. The van der Waals surface area contributed by atoms with Crippen LogP contribution < -0.4 is 0 Å². The molecule has 0 bridgehead atoms. The fourth-order valence-corrected chi connectivity index (χ4v) is 2.64. The van der Waals surface area contributed by atoms with Crippen molar-refractivity contribution in [3.05, 3.63) is 33.3 Å². The molecule has 0 fully saturated rings. The van der Waals surface area contributed by atoms with Crippen molar-refractivity contribution in [2.45, 2.75) is 0 Å². The third kappa shape index (κ3) is 1.48. The molecule has 0 unspecified atom stereocenters. The van der Waals surface area contributed by atoms with E-state index >= 15 is 0 Å². The number of thiophene rings is 2. The Hall–Kier alpha value is -0.310. The van der Waals surface area contributed by atoms with Gasteiger partial charge >= 0.3 is 0 Å². The quantitative estimate of drug-likeness (QED) is 0.650. The molecule has 0 N–H and O–H groups in total. The van der Waals surface area contributed by atoms with E-state index in [9.17, 15) is 0 Å². The van der Waals surface area contributed by atoms with Crippen molar-refractivity contribution in [1.82, 2.24) is 0 Å². The molecule has 0 aliphatic heterocycles. The zero-order chi connectivity index (χ0) is 7.68. The van der Waals surface area contributed by atoms with Gasteiger partial charge in [0.1, 0.15) is 0 Å². The summed E-state index contributed by atoms with van der Waals surface area (Å²) < 4.78 is 0.853. The highest BCUT2D eigenvalue weighted by atomic mass is 35.5. The molecule has 0 amide bonds. The lowest BCUT2D eigenvalue weighted by Gasteiger charge is -1.85. The number of hydrogen-bond acceptors (Lipinski definition) is 2. The highest BCUT2D eigenvalue weighted by molar-refractivity contribution is 7.19. The molecule has 2 rings (SSSR count). The van der Waals surface area contributed by atoms with Crippen LogP contribution in [0.25, 0.3) is 10.4 Å². The molecule has 2 heterocycles. The molecule has 0 radical (unpaired) electrons. The maximum atomic E-state index is 5.80. The number of halogens is 1. The van der Waals surface area contributed by atoms with Crippen LogP contribution in [0, 0.1) is 0 Å². The maximum absolute atomic E-state index is 5.80. The Morgan fingerprint density at radius 2 is 2.09 bits per heavy atom. The summed E-state index contributed by atoms with van der Waals surface area (Å²) in [4.78, 5) is 1.25. The summed E-state index contributed by atoms with van der Waals surface area (Å²) in [6.07, 6.45) is 0. The minimum atomic E-state index is 0.853. The Balaban J connectivity index is 2.45. The highest BCUT2D eigenvalue weighted by Gasteiger charge is 1.99. The standard InChI is InChI=1S/C8H5ClS2/c9-8-2-1-7(11-8)6-3-4-10-5-6/h1-5H. The fraction of sp³-hybridized carbons (Fsp3) is 0. The highest BCUT2D eigenvalue weighted by Crippen LogP contribution is 2.31. The van der Waals surface area contributed by atoms with Crippen LogP contribution in [0.2, 0.25) is 4.34 Å². The summed E-state index contributed by atoms with van der Waals surface area (Å²) in [6.45, 7) is 0. The predicted molar refractivity (Wildman–Crippen MR) is 52.6 cm³/mol. The Bertz CT molecular complexity index is 335. The topological polar surface area (TPSA) is 0 Å². The zero-order valence-corrected chi connectivity index (χ0v) is 7.97. The van der Waals surface area contributed by atoms with Gasteiger partial charge in [-0.2, -0.15) is 11.3 Å². The maximum Gasteiger partial charge on any atom is 0.0934 e. The van der Waals surface area contributed by atoms with Crippen molar-refractivity contribution < 1.29 is 0 Å². The lowest BCUT2D eigenvalue weighted by Crippen LogP contribution is -1.58. The van der Waals surface area contributed by atoms with Gasteiger partial charge in [0.25, 0.3) is 0 Å². The molecule has 0 aliphatic carbocycles. The van der Waals surface area contributed by atoms with Gasteiger partial charge in [-0.15, -0.1) is 11.3 Å². The summed E-state index contributed by atoms with van der Waals surface area (Å²) in [5.74, 6) is 0. The molecule has 0 aliphatic rings. The predicted octanol–water partition coefficient (Wildman–Crippen LogP) is 4.13. The molecule has 0 atom stereocenters. The second-order valence-electron chi connectivity index (χ2n) is 2.12. The van der Waals surface area contributed by atoms with Gasteiger partial charge in [0, 0.05) is 10.4 Å². The average molecular weight is 201 g/mol. The van der Waals surface area contributed by atoms with Crippen molar-refractivity contribution in [3.8, 4) is 10.4 Å². The third-order valence-corrected chi connectivity index (χ3v) is 3.34. The Morgan fingerprint density at radius 1 is 1.18 bits per heavy atom. The lowest BCUT2D eigenvalue weighted by molar-refractivity contribution is 1.89. The van der Waals surface area contributed by atoms with Gasteiger partial charge in [0.05, 0.1) is 4.34 Å². The number of rotatable bonds is 1. The fourth-order valence-electron chi connectivity index (χ4n) is 0.874. The molecule has 2 aromatic heterocycles. The molecule has 0 saturated heterocycles. The summed E-state index contributed by atoms with van der Waals surface area (Å²) in [5, 5.41) is 4.20. The van der Waals surface area contributed by atoms with Gasteiger partial charge < -0.3 is 0 Å². The van der Waals surface area contributed by atoms with Crippen LogP contribution in [0.5, 0.6) is 0 Å². The normalized spacial score (nSPS) is 10.3. The first-order chi connectivity index (χ1) is 5.36. The zero-order valence-electron chi connectivity index (χ0n) is 5.58. The molecular formula is C8H5ClS2. The van der Waals surface area contributed by atoms with Crippen molar-refractivity contribution in [2.75, 3.05) is 0 Å². The van der Waals surface area contributed by atoms with Crippen LogP contribution in [-0.4, -0.2) is 0 Å². The Morgan fingerprint density at radius 3 is 2.64 bits per heavy atom. The molecule has 56 valence electrons. The van der Waals surface area contributed by atoms with E-state index in [0.717, 1.165) is 4.34 Å². The lowest BCUT2D eigenvalue weighted by atomic mass is 10.3. The molecule has 0 aromatic carbocycles. The van der Waals surface area contributed by atoms with Gasteiger partial charge in [-0.3, -0.25) is 0 Å². The van der Waals surface area contributed by atoms with Gasteiger partial charge in [-0.25, -0.2) is 0 Å². The average Bonchev–Trinajstić information content (AvgIpc) is 2.55. The molecule has 0 spiro atoms. The van der Waals surface area contributed by atoms with E-state index in [4.69, 9.17) is 11.6 Å². The van der Waals surface area contributed by atoms with E-state index in [1.54, 1.807) is 22.7 Å². The summed E-state index contributed by atoms with van der Waals surface area (Å²) in [6, 6.07) is 6.08. The summed E-state index contributed by atoms with van der Waals surface area (Å²) in [5.41, 5.74) is 1.27. The van der Waals surface area contributed by atoms with Crippen LogP contribution in [0.15, 0.2) is 29.0 Å². The van der Waals surface area contributed by atoms with E-state index in [2.05, 4.69) is 22.9 Å². The molecule has 0 nitrogen and oxygen atoms in total. The van der Waals surface area contributed by atoms with Gasteiger partial charge in [0.2, 0.25) is 0 Å². The van der Waals surface area contributed by atoms with Gasteiger partial charge in [-0.1, -0.05) is 11.6 Å². The van der Waals surface area contributed by atoms with E-state index in [-0.39, 0.29) is 0 Å². The first-order valence-electron chi connectivity index (χ1n) is 3.14. The minimum Gasteiger partial charge on any atom is -0.152 e. The van der Waals surface area contributed by atoms with E-state index in [1.807, 2.05) is 6.07 Å². The van der Waals surface area contributed by atoms with Crippen LogP contribution in [0.3, 0.4) is 0 Å². The molecule has 0 saturated carbocycles. The minimum absolute atomic E-state index is 0.853. The van der Waals surface area contributed by atoms with E-state index in [0.29, 0.717) is 0 Å². The van der Waals surface area contributed by atoms with Gasteiger partial charge in [0.15, 0.2) is 0 Å². The first kappa shape index (κ1) is 7.35. The number of hydrogen-bond donors (Lipinski definition) is 0. The third-order valence-electron chi connectivity index (χ3n) is 1.38.